The fourth-order valence-corrected chi connectivity index (χ4v) is 2.65. The van der Waals surface area contributed by atoms with Gasteiger partial charge in [0.1, 0.15) is 11.7 Å². The highest BCUT2D eigenvalue weighted by atomic mass is 35.5. The van der Waals surface area contributed by atoms with Crippen molar-refractivity contribution >= 4 is 23.3 Å². The molecule has 0 N–H and O–H groups in total. The van der Waals surface area contributed by atoms with Gasteiger partial charge in [-0.1, -0.05) is 17.7 Å². The lowest BCUT2D eigenvalue weighted by Crippen LogP contribution is -2.59. The first-order valence-electron chi connectivity index (χ1n) is 7.20. The van der Waals surface area contributed by atoms with Gasteiger partial charge in [-0.2, -0.15) is 26.3 Å². The Morgan fingerprint density at radius 2 is 1.46 bits per heavy atom. The number of allylic oxidation sites excluding steroid dienone is 2. The maximum atomic E-state index is 13.5. The fraction of sp³-hybridized carbons (Fsp3) is 0.250. The molecule has 0 bridgehead atoms. The molecule has 2 aliphatic heterocycles. The second kappa shape index (κ2) is 5.87. The van der Waals surface area contributed by atoms with Crippen molar-refractivity contribution in [1.82, 2.24) is 4.90 Å². The highest BCUT2D eigenvalue weighted by Gasteiger charge is 2.74. The van der Waals surface area contributed by atoms with Crippen LogP contribution in [0.4, 0.5) is 26.3 Å². The molecule has 0 aliphatic carbocycles. The van der Waals surface area contributed by atoms with Crippen molar-refractivity contribution in [3.63, 3.8) is 0 Å². The molecule has 2 aliphatic rings. The Morgan fingerprint density at radius 3 is 2.00 bits per heavy atom. The van der Waals surface area contributed by atoms with Gasteiger partial charge in [0.25, 0.3) is 0 Å². The molecular weight excluding hydrogens is 384 g/mol. The molecule has 3 nitrogen and oxygen atoms in total. The van der Waals surface area contributed by atoms with Crippen LogP contribution in [0.5, 0.6) is 0 Å². The normalized spacial score (nSPS) is 19.5. The fourth-order valence-electron chi connectivity index (χ4n) is 2.52. The first kappa shape index (κ1) is 18.5. The number of aliphatic imine (C=N–C) groups is 2. The zero-order chi connectivity index (χ0) is 19.3. The molecule has 0 atom stereocenters. The zero-order valence-electron chi connectivity index (χ0n) is 13.0. The predicted octanol–water partition coefficient (Wildman–Crippen LogP) is 5.10. The van der Waals surface area contributed by atoms with E-state index in [1.165, 1.54) is 49.5 Å². The summed E-state index contributed by atoms with van der Waals surface area (Å²) in [5.74, 6) is -0.993. The second-order valence-corrected chi connectivity index (χ2v) is 6.04. The van der Waals surface area contributed by atoms with Crippen molar-refractivity contribution < 1.29 is 26.3 Å². The van der Waals surface area contributed by atoms with Gasteiger partial charge < -0.3 is 0 Å². The first-order chi connectivity index (χ1) is 12.0. The van der Waals surface area contributed by atoms with Crippen LogP contribution in [0.3, 0.4) is 0 Å². The monoisotopic (exact) mass is 393 g/mol. The Bertz CT molecular complexity index is 832. The van der Waals surface area contributed by atoms with Crippen molar-refractivity contribution in [2.24, 2.45) is 9.98 Å². The summed E-state index contributed by atoms with van der Waals surface area (Å²) in [6, 6.07) is 5.29. The number of alkyl halides is 6. The zero-order valence-corrected chi connectivity index (χ0v) is 13.8. The van der Waals surface area contributed by atoms with Gasteiger partial charge in [0.05, 0.1) is 0 Å². The summed E-state index contributed by atoms with van der Waals surface area (Å²) in [5.41, 5.74) is -4.40. The van der Waals surface area contributed by atoms with Crippen molar-refractivity contribution in [3.8, 4) is 0 Å². The number of fused-ring (bicyclic) bond motifs is 1. The summed E-state index contributed by atoms with van der Waals surface area (Å²) in [5, 5.41) is 0.280. The summed E-state index contributed by atoms with van der Waals surface area (Å²) >= 11 is 5.75. The summed E-state index contributed by atoms with van der Waals surface area (Å²) in [6.07, 6.45) is -7.39. The first-order valence-corrected chi connectivity index (χ1v) is 7.58. The summed E-state index contributed by atoms with van der Waals surface area (Å²) in [7, 11) is 0. The van der Waals surface area contributed by atoms with Crippen LogP contribution < -0.4 is 0 Å². The number of amidine groups is 2. The summed E-state index contributed by atoms with van der Waals surface area (Å²) < 4.78 is 81.1. The minimum atomic E-state index is -5.77. The van der Waals surface area contributed by atoms with Gasteiger partial charge in [0.15, 0.2) is 0 Å². The van der Waals surface area contributed by atoms with Crippen LogP contribution in [0.15, 0.2) is 58.2 Å². The second-order valence-electron chi connectivity index (χ2n) is 5.61. The van der Waals surface area contributed by atoms with Crippen molar-refractivity contribution in [2.75, 3.05) is 0 Å². The molecule has 0 spiro atoms. The molecule has 0 fully saturated rings. The molecular formula is C16H10ClF6N3. The molecule has 10 heteroatoms. The minimum absolute atomic E-state index is 0.0408. The molecule has 138 valence electrons. The van der Waals surface area contributed by atoms with Gasteiger partial charge in [-0.05, 0) is 42.8 Å². The highest BCUT2D eigenvalue weighted by Crippen LogP contribution is 2.49. The number of nitrogens with zero attached hydrogens (tertiary/aromatic N) is 3. The molecule has 0 saturated heterocycles. The van der Waals surface area contributed by atoms with Crippen LogP contribution in [0, 0.1) is 0 Å². The van der Waals surface area contributed by atoms with Crippen LogP contribution >= 0.6 is 11.6 Å². The topological polar surface area (TPSA) is 28.0 Å². The van der Waals surface area contributed by atoms with Crippen LogP contribution in [-0.2, 0) is 0 Å². The maximum Gasteiger partial charge on any atom is 0.443 e. The van der Waals surface area contributed by atoms with E-state index in [-0.39, 0.29) is 16.2 Å². The molecule has 0 aromatic heterocycles. The van der Waals surface area contributed by atoms with Crippen molar-refractivity contribution in [2.45, 2.75) is 24.9 Å². The molecule has 1 aromatic rings. The van der Waals surface area contributed by atoms with Gasteiger partial charge in [-0.15, -0.1) is 0 Å². The molecule has 26 heavy (non-hydrogen) atoms. The Morgan fingerprint density at radius 1 is 0.923 bits per heavy atom. The Balaban J connectivity index is 2.31. The standard InChI is InChI=1S/C16H10ClF6N3/c1-9-3-2-8-26-12(9)24-14(15(18,19)20,16(21,22)23)25-13(26)10-4-6-11(17)7-5-10/h2-8H,1H3. The van der Waals surface area contributed by atoms with Crippen LogP contribution in [-0.4, -0.2) is 34.6 Å². The lowest BCUT2D eigenvalue weighted by Gasteiger charge is -2.39. The van der Waals surface area contributed by atoms with E-state index < -0.39 is 29.7 Å². The van der Waals surface area contributed by atoms with E-state index in [1.807, 2.05) is 0 Å². The lowest BCUT2D eigenvalue weighted by atomic mass is 10.0. The third kappa shape index (κ3) is 2.80. The summed E-state index contributed by atoms with van der Waals surface area (Å²) in [4.78, 5) is 7.16. The van der Waals surface area contributed by atoms with Gasteiger partial charge in [-0.3, -0.25) is 4.90 Å². The van der Waals surface area contributed by atoms with E-state index in [1.54, 1.807) is 0 Å². The molecule has 0 saturated carbocycles. The van der Waals surface area contributed by atoms with E-state index in [2.05, 4.69) is 9.98 Å². The minimum Gasteiger partial charge on any atom is -0.286 e. The molecule has 0 radical (unpaired) electrons. The van der Waals surface area contributed by atoms with Crippen LogP contribution in [0.2, 0.25) is 5.02 Å². The highest BCUT2D eigenvalue weighted by molar-refractivity contribution is 6.30. The number of benzene rings is 1. The van der Waals surface area contributed by atoms with E-state index >= 15 is 0 Å². The lowest BCUT2D eigenvalue weighted by molar-refractivity contribution is -0.292. The predicted molar refractivity (Wildman–Crippen MR) is 85.0 cm³/mol. The van der Waals surface area contributed by atoms with E-state index in [4.69, 9.17) is 11.6 Å². The van der Waals surface area contributed by atoms with Crippen LogP contribution in [0.25, 0.3) is 0 Å². The molecule has 0 amide bonds. The van der Waals surface area contributed by atoms with Crippen molar-refractivity contribution in [3.05, 3.63) is 58.8 Å². The Labute approximate surface area is 149 Å². The van der Waals surface area contributed by atoms with E-state index in [0.717, 1.165) is 4.90 Å². The third-order valence-electron chi connectivity index (χ3n) is 3.82. The average molecular weight is 394 g/mol. The van der Waals surface area contributed by atoms with Crippen LogP contribution in [0.1, 0.15) is 12.5 Å². The molecule has 0 unspecified atom stereocenters. The Kier molecular flexibility index (Phi) is 4.18. The Hall–Kier alpha value is -2.29. The molecule has 1 aromatic carbocycles. The van der Waals surface area contributed by atoms with Gasteiger partial charge >= 0.3 is 18.0 Å². The largest absolute Gasteiger partial charge is 0.443 e. The van der Waals surface area contributed by atoms with Gasteiger partial charge in [-0.25, -0.2) is 9.98 Å². The van der Waals surface area contributed by atoms with Gasteiger partial charge in [0, 0.05) is 16.8 Å². The maximum absolute atomic E-state index is 13.5. The third-order valence-corrected chi connectivity index (χ3v) is 4.07. The average Bonchev–Trinajstić information content (AvgIpc) is 2.53. The summed E-state index contributed by atoms with van der Waals surface area (Å²) in [6.45, 7) is 1.37. The smallest absolute Gasteiger partial charge is 0.286 e. The number of halogens is 7. The quantitative estimate of drug-likeness (QED) is 0.610. The van der Waals surface area contributed by atoms with Gasteiger partial charge in [0.2, 0.25) is 0 Å². The molecule has 3 rings (SSSR count). The van der Waals surface area contributed by atoms with E-state index in [9.17, 15) is 26.3 Å². The molecule has 2 heterocycles. The number of hydrogen-bond donors (Lipinski definition) is 0. The number of hydrogen-bond acceptors (Lipinski definition) is 3. The SMILES string of the molecule is CC1=CC=CN2C1=NC(C(F)(F)F)(C(F)(F)F)N=C2c1ccc(Cl)cc1. The number of rotatable bonds is 1. The van der Waals surface area contributed by atoms with Crippen molar-refractivity contribution in [1.29, 1.82) is 0 Å². The van der Waals surface area contributed by atoms with E-state index in [0.29, 0.717) is 0 Å².